The van der Waals surface area contributed by atoms with Crippen LogP contribution in [0.3, 0.4) is 0 Å². The first-order chi connectivity index (χ1) is 16.2. The number of amides is 1. The van der Waals surface area contributed by atoms with Crippen molar-refractivity contribution in [1.82, 2.24) is 15.3 Å². The van der Waals surface area contributed by atoms with Crippen LogP contribution in [0.25, 0.3) is 26.5 Å². The van der Waals surface area contributed by atoms with Crippen molar-refractivity contribution in [3.63, 3.8) is 0 Å². The van der Waals surface area contributed by atoms with Crippen molar-refractivity contribution in [2.45, 2.75) is 6.54 Å². The molecule has 5 aromatic rings. The Labute approximate surface area is 197 Å². The smallest absolute Gasteiger partial charge is 0.276 e. The van der Waals surface area contributed by atoms with Crippen LogP contribution in [0.5, 0.6) is 0 Å². The zero-order chi connectivity index (χ0) is 22.2. The third-order valence-corrected chi connectivity index (χ3v) is 6.99. The first-order valence-electron chi connectivity index (χ1n) is 10.3. The number of anilines is 1. The molecular formula is C25H17N5OS2. The van der Waals surface area contributed by atoms with Gasteiger partial charge in [-0.3, -0.25) is 10.1 Å². The quantitative estimate of drug-likeness (QED) is 0.357. The highest BCUT2D eigenvalue weighted by atomic mass is 32.1. The Morgan fingerprint density at radius 2 is 1.61 bits per heavy atom. The Balaban J connectivity index is 1.39. The summed E-state index contributed by atoms with van der Waals surface area (Å²) in [5, 5.41) is 2.96. The number of carbonyl (C=O) groups excluding carboxylic acids is 1. The molecule has 1 amide bonds. The van der Waals surface area contributed by atoms with Crippen LogP contribution in [0.2, 0.25) is 0 Å². The van der Waals surface area contributed by atoms with Crippen LogP contribution in [-0.2, 0) is 11.3 Å². The number of hydrogen-bond acceptors (Lipinski definition) is 7. The molecule has 3 aromatic carbocycles. The molecule has 1 aliphatic heterocycles. The monoisotopic (exact) mass is 467 g/mol. The SMILES string of the molecule is O=C1NC(N(Cc2ccccc2)c2ccc3ncsc3c2)=NC1=Cc1ccc2ncsc2c1. The molecule has 1 aliphatic rings. The van der Waals surface area contributed by atoms with Crippen molar-refractivity contribution in [2.75, 3.05) is 4.90 Å². The molecule has 33 heavy (non-hydrogen) atoms. The summed E-state index contributed by atoms with van der Waals surface area (Å²) in [6.07, 6.45) is 1.81. The van der Waals surface area contributed by atoms with E-state index in [1.165, 1.54) is 0 Å². The van der Waals surface area contributed by atoms with Gasteiger partial charge in [-0.1, -0.05) is 36.4 Å². The van der Waals surface area contributed by atoms with E-state index in [1.807, 2.05) is 70.5 Å². The highest BCUT2D eigenvalue weighted by molar-refractivity contribution is 7.17. The van der Waals surface area contributed by atoms with Crippen molar-refractivity contribution >= 4 is 66.7 Å². The van der Waals surface area contributed by atoms with E-state index in [0.717, 1.165) is 37.2 Å². The van der Waals surface area contributed by atoms with Gasteiger partial charge in [-0.05, 0) is 47.5 Å². The summed E-state index contributed by atoms with van der Waals surface area (Å²) in [7, 11) is 0. The average molecular weight is 468 g/mol. The van der Waals surface area contributed by atoms with Crippen LogP contribution in [-0.4, -0.2) is 21.8 Å². The number of guanidine groups is 1. The molecule has 0 radical (unpaired) electrons. The van der Waals surface area contributed by atoms with Gasteiger partial charge in [0.25, 0.3) is 5.91 Å². The van der Waals surface area contributed by atoms with Crippen LogP contribution < -0.4 is 10.2 Å². The molecule has 6 rings (SSSR count). The summed E-state index contributed by atoms with van der Waals surface area (Å²) in [4.78, 5) is 28.2. The van der Waals surface area contributed by atoms with Gasteiger partial charge in [-0.15, -0.1) is 22.7 Å². The molecule has 160 valence electrons. The molecule has 6 nitrogen and oxygen atoms in total. The van der Waals surface area contributed by atoms with Gasteiger partial charge in [0.05, 0.1) is 38.0 Å². The van der Waals surface area contributed by atoms with Crippen LogP contribution >= 0.6 is 22.7 Å². The minimum atomic E-state index is -0.216. The lowest BCUT2D eigenvalue weighted by molar-refractivity contribution is -0.115. The van der Waals surface area contributed by atoms with E-state index in [1.54, 1.807) is 22.7 Å². The highest BCUT2D eigenvalue weighted by Gasteiger charge is 2.26. The number of hydrogen-bond donors (Lipinski definition) is 1. The molecule has 0 bridgehead atoms. The lowest BCUT2D eigenvalue weighted by Crippen LogP contribution is -2.40. The lowest BCUT2D eigenvalue weighted by Gasteiger charge is -2.24. The number of benzene rings is 3. The molecular weight excluding hydrogens is 450 g/mol. The molecule has 0 unspecified atom stereocenters. The molecule has 2 aromatic heterocycles. The number of carbonyl (C=O) groups is 1. The molecule has 0 aliphatic carbocycles. The van der Waals surface area contributed by atoms with Gasteiger partial charge in [0.2, 0.25) is 5.96 Å². The van der Waals surface area contributed by atoms with Crippen molar-refractivity contribution in [2.24, 2.45) is 4.99 Å². The number of aromatic nitrogens is 2. The molecule has 0 spiro atoms. The van der Waals surface area contributed by atoms with E-state index >= 15 is 0 Å². The third-order valence-electron chi connectivity index (χ3n) is 5.41. The van der Waals surface area contributed by atoms with Crippen molar-refractivity contribution in [3.8, 4) is 0 Å². The second-order valence-corrected chi connectivity index (χ2v) is 9.35. The van der Waals surface area contributed by atoms with E-state index in [0.29, 0.717) is 18.2 Å². The summed E-state index contributed by atoms with van der Waals surface area (Å²) in [6, 6.07) is 22.2. The highest BCUT2D eigenvalue weighted by Crippen LogP contribution is 2.27. The molecule has 8 heteroatoms. The maximum Gasteiger partial charge on any atom is 0.276 e. The minimum Gasteiger partial charge on any atom is -0.308 e. The van der Waals surface area contributed by atoms with Crippen LogP contribution in [0.4, 0.5) is 5.69 Å². The number of nitrogens with one attached hydrogen (secondary N) is 1. The second kappa shape index (κ2) is 8.23. The van der Waals surface area contributed by atoms with Gasteiger partial charge in [-0.25, -0.2) is 15.0 Å². The molecule has 1 N–H and O–H groups in total. The van der Waals surface area contributed by atoms with E-state index in [9.17, 15) is 4.79 Å². The number of fused-ring (bicyclic) bond motifs is 2. The van der Waals surface area contributed by atoms with Crippen molar-refractivity contribution in [1.29, 1.82) is 0 Å². The molecule has 0 saturated heterocycles. The third kappa shape index (κ3) is 3.90. The van der Waals surface area contributed by atoms with E-state index in [2.05, 4.69) is 33.5 Å². The second-order valence-electron chi connectivity index (χ2n) is 7.57. The van der Waals surface area contributed by atoms with E-state index in [4.69, 9.17) is 4.99 Å². The van der Waals surface area contributed by atoms with Gasteiger partial charge in [0, 0.05) is 5.69 Å². The minimum absolute atomic E-state index is 0.216. The lowest BCUT2D eigenvalue weighted by atomic mass is 10.2. The predicted octanol–water partition coefficient (Wildman–Crippen LogP) is 5.44. The summed E-state index contributed by atoms with van der Waals surface area (Å²) < 4.78 is 2.17. The topological polar surface area (TPSA) is 70.5 Å². The Kier molecular flexibility index (Phi) is 4.93. The summed E-state index contributed by atoms with van der Waals surface area (Å²) in [5.41, 5.74) is 8.93. The largest absolute Gasteiger partial charge is 0.308 e. The molecule has 0 saturated carbocycles. The normalized spacial score (nSPS) is 14.7. The van der Waals surface area contributed by atoms with Gasteiger partial charge >= 0.3 is 0 Å². The predicted molar refractivity (Wildman–Crippen MR) is 135 cm³/mol. The van der Waals surface area contributed by atoms with Crippen LogP contribution in [0.1, 0.15) is 11.1 Å². The van der Waals surface area contributed by atoms with Crippen molar-refractivity contribution < 1.29 is 4.79 Å². The fraction of sp³-hybridized carbons (Fsp3) is 0.0400. The maximum absolute atomic E-state index is 12.8. The zero-order valence-electron chi connectivity index (χ0n) is 17.3. The fourth-order valence-corrected chi connectivity index (χ4v) is 5.21. The van der Waals surface area contributed by atoms with Gasteiger partial charge in [-0.2, -0.15) is 0 Å². The first kappa shape index (κ1) is 19.8. The van der Waals surface area contributed by atoms with Crippen molar-refractivity contribution in [3.05, 3.63) is 94.6 Å². The maximum atomic E-state index is 12.8. The summed E-state index contributed by atoms with van der Waals surface area (Å²) in [6.45, 7) is 0.574. The number of aliphatic imine (C=N–C) groups is 1. The fourth-order valence-electron chi connectivity index (χ4n) is 3.77. The Morgan fingerprint density at radius 3 is 2.39 bits per heavy atom. The average Bonchev–Trinajstić information content (AvgIpc) is 3.57. The Morgan fingerprint density at radius 1 is 0.879 bits per heavy atom. The molecule has 0 atom stereocenters. The van der Waals surface area contributed by atoms with Gasteiger partial charge in [0.15, 0.2) is 0 Å². The Hall–Kier alpha value is -3.88. The number of rotatable bonds is 4. The van der Waals surface area contributed by atoms with E-state index < -0.39 is 0 Å². The first-order valence-corrected chi connectivity index (χ1v) is 12.1. The number of thiazole rings is 2. The summed E-state index contributed by atoms with van der Waals surface area (Å²) >= 11 is 3.17. The van der Waals surface area contributed by atoms with E-state index in [-0.39, 0.29) is 5.91 Å². The molecule has 3 heterocycles. The van der Waals surface area contributed by atoms with Crippen LogP contribution in [0.15, 0.2) is 88.4 Å². The summed E-state index contributed by atoms with van der Waals surface area (Å²) in [5.74, 6) is 0.296. The molecule has 0 fully saturated rings. The Bertz CT molecular complexity index is 1550. The zero-order valence-corrected chi connectivity index (χ0v) is 18.9. The van der Waals surface area contributed by atoms with Gasteiger partial charge in [0.1, 0.15) is 5.70 Å². The van der Waals surface area contributed by atoms with Gasteiger partial charge < -0.3 is 4.90 Å². The number of nitrogens with zero attached hydrogens (tertiary/aromatic N) is 4. The standard InChI is InChI=1S/C25H17N5OS2/c31-24-21(10-17-6-8-19-22(11-17)32-14-26-19)28-25(29-24)30(13-16-4-2-1-3-5-16)18-7-9-20-23(12-18)33-15-27-20/h1-12,14-15H,13H2,(H,28,29,31). The van der Waals surface area contributed by atoms with Crippen LogP contribution in [0, 0.1) is 0 Å².